The van der Waals surface area contributed by atoms with E-state index in [1.807, 2.05) is 0 Å². The van der Waals surface area contributed by atoms with Gasteiger partial charge in [0, 0.05) is 6.04 Å². The van der Waals surface area contributed by atoms with Gasteiger partial charge >= 0.3 is 0 Å². The molecular formula is C14H13BrClNO3S. The predicted molar refractivity (Wildman–Crippen MR) is 88.7 cm³/mol. The topological polar surface area (TPSA) is 46.6 Å². The van der Waals surface area contributed by atoms with E-state index in [-0.39, 0.29) is 17.2 Å². The number of carbonyl (C=O) groups is 2. The van der Waals surface area contributed by atoms with Crippen molar-refractivity contribution in [1.29, 1.82) is 0 Å². The number of rotatable bonds is 3. The van der Waals surface area contributed by atoms with Gasteiger partial charge in [-0.3, -0.25) is 14.5 Å². The van der Waals surface area contributed by atoms with Crippen LogP contribution in [0.2, 0.25) is 5.02 Å². The van der Waals surface area contributed by atoms with E-state index < -0.39 is 0 Å². The Balaban J connectivity index is 2.37. The minimum Gasteiger partial charge on any atom is -0.494 e. The fourth-order valence-corrected chi connectivity index (χ4v) is 3.95. The first-order valence-electron chi connectivity index (χ1n) is 6.15. The molecule has 112 valence electrons. The third-order valence-electron chi connectivity index (χ3n) is 2.86. The molecule has 0 atom stereocenters. The zero-order valence-corrected chi connectivity index (χ0v) is 14.8. The molecule has 2 rings (SSSR count). The largest absolute Gasteiger partial charge is 0.494 e. The van der Waals surface area contributed by atoms with Gasteiger partial charge in [-0.2, -0.15) is 0 Å². The van der Waals surface area contributed by atoms with Gasteiger partial charge in [-0.15, -0.1) is 0 Å². The number of hydrogen-bond acceptors (Lipinski definition) is 4. The van der Waals surface area contributed by atoms with Gasteiger partial charge in [-0.1, -0.05) is 11.6 Å². The average molecular weight is 391 g/mol. The first-order chi connectivity index (χ1) is 9.85. The number of ether oxygens (including phenoxy) is 1. The molecule has 0 saturated carbocycles. The Kier molecular flexibility index (Phi) is 5.01. The van der Waals surface area contributed by atoms with E-state index in [0.717, 1.165) is 17.3 Å². The Bertz CT molecular complexity index is 622. The monoisotopic (exact) mass is 389 g/mol. The molecule has 0 N–H and O–H groups in total. The average Bonchev–Trinajstić information content (AvgIpc) is 2.63. The van der Waals surface area contributed by atoms with Gasteiger partial charge in [0.15, 0.2) is 5.75 Å². The second-order valence-electron chi connectivity index (χ2n) is 4.66. The van der Waals surface area contributed by atoms with Crippen LogP contribution in [-0.4, -0.2) is 29.2 Å². The molecule has 0 radical (unpaired) electrons. The van der Waals surface area contributed by atoms with Crippen LogP contribution in [0, 0.1) is 0 Å². The summed E-state index contributed by atoms with van der Waals surface area (Å²) in [4.78, 5) is 25.7. The van der Waals surface area contributed by atoms with E-state index in [4.69, 9.17) is 16.3 Å². The predicted octanol–water partition coefficient (Wildman–Crippen LogP) is 4.56. The molecule has 1 heterocycles. The van der Waals surface area contributed by atoms with Gasteiger partial charge < -0.3 is 4.74 Å². The maximum atomic E-state index is 12.2. The summed E-state index contributed by atoms with van der Waals surface area (Å²) in [7, 11) is 1.53. The van der Waals surface area contributed by atoms with Gasteiger partial charge in [0.2, 0.25) is 0 Å². The third-order valence-corrected chi connectivity index (χ3v) is 4.62. The van der Waals surface area contributed by atoms with E-state index >= 15 is 0 Å². The van der Waals surface area contributed by atoms with E-state index in [2.05, 4.69) is 15.9 Å². The highest BCUT2D eigenvalue weighted by atomic mass is 79.9. The van der Waals surface area contributed by atoms with Crippen LogP contribution in [0.4, 0.5) is 4.79 Å². The number of halogens is 2. The minimum absolute atomic E-state index is 0.158. The number of nitrogens with zero attached hydrogens (tertiary/aromatic N) is 1. The van der Waals surface area contributed by atoms with Gasteiger partial charge in [0.1, 0.15) is 0 Å². The second kappa shape index (κ2) is 6.42. The van der Waals surface area contributed by atoms with Gasteiger partial charge in [-0.05, 0) is 65.3 Å². The van der Waals surface area contributed by atoms with E-state index in [1.54, 1.807) is 32.1 Å². The Hall–Kier alpha value is -0.980. The van der Waals surface area contributed by atoms with Crippen molar-refractivity contribution in [1.82, 2.24) is 4.90 Å². The van der Waals surface area contributed by atoms with Gasteiger partial charge in [0.05, 0.1) is 21.5 Å². The van der Waals surface area contributed by atoms with E-state index in [9.17, 15) is 9.59 Å². The van der Waals surface area contributed by atoms with Crippen molar-refractivity contribution >= 4 is 56.5 Å². The maximum Gasteiger partial charge on any atom is 0.293 e. The molecule has 1 fully saturated rings. The van der Waals surface area contributed by atoms with Crippen molar-refractivity contribution < 1.29 is 14.3 Å². The number of amides is 2. The highest BCUT2D eigenvalue weighted by Crippen LogP contribution is 2.37. The summed E-state index contributed by atoms with van der Waals surface area (Å²) in [5.41, 5.74) is 0.724. The lowest BCUT2D eigenvalue weighted by atomic mass is 10.2. The SMILES string of the molecule is COc1c(Cl)cc(/C=C2/SC(=O)N(C(C)C)C2=O)cc1Br. The molecule has 1 aliphatic rings. The normalized spacial score (nSPS) is 17.2. The van der Waals surface area contributed by atoms with Crippen LogP contribution in [-0.2, 0) is 4.79 Å². The molecule has 1 saturated heterocycles. The Morgan fingerprint density at radius 2 is 2.05 bits per heavy atom. The molecule has 2 amide bonds. The van der Waals surface area contributed by atoms with Crippen LogP contribution in [0.5, 0.6) is 5.75 Å². The number of hydrogen-bond donors (Lipinski definition) is 0. The van der Waals surface area contributed by atoms with Crippen molar-refractivity contribution in [2.45, 2.75) is 19.9 Å². The molecule has 0 bridgehead atoms. The highest BCUT2D eigenvalue weighted by Gasteiger charge is 2.36. The first-order valence-corrected chi connectivity index (χ1v) is 8.14. The smallest absolute Gasteiger partial charge is 0.293 e. The van der Waals surface area contributed by atoms with Crippen molar-refractivity contribution in [3.63, 3.8) is 0 Å². The van der Waals surface area contributed by atoms with Crippen LogP contribution >= 0.6 is 39.3 Å². The molecule has 0 spiro atoms. The van der Waals surface area contributed by atoms with Crippen LogP contribution < -0.4 is 4.74 Å². The molecule has 0 aliphatic carbocycles. The second-order valence-corrected chi connectivity index (χ2v) is 6.92. The van der Waals surface area contributed by atoms with Crippen LogP contribution in [0.1, 0.15) is 19.4 Å². The lowest BCUT2D eigenvalue weighted by Crippen LogP contribution is -2.34. The first kappa shape index (κ1) is 16.4. The summed E-state index contributed by atoms with van der Waals surface area (Å²) in [6.07, 6.45) is 1.66. The number of methoxy groups -OCH3 is 1. The zero-order chi connectivity index (χ0) is 15.7. The zero-order valence-electron chi connectivity index (χ0n) is 11.6. The quantitative estimate of drug-likeness (QED) is 0.710. The minimum atomic E-state index is -0.275. The Morgan fingerprint density at radius 1 is 1.38 bits per heavy atom. The molecule has 0 aromatic heterocycles. The summed E-state index contributed by atoms with van der Waals surface area (Å²) in [6, 6.07) is 3.32. The number of carbonyl (C=O) groups excluding carboxylic acids is 2. The molecule has 0 unspecified atom stereocenters. The summed E-state index contributed by atoms with van der Waals surface area (Å²) < 4.78 is 5.84. The molecule has 7 heteroatoms. The van der Waals surface area contributed by atoms with Crippen LogP contribution in [0.3, 0.4) is 0 Å². The molecule has 1 aliphatic heterocycles. The molecule has 21 heavy (non-hydrogen) atoms. The fraction of sp³-hybridized carbons (Fsp3) is 0.286. The fourth-order valence-electron chi connectivity index (χ4n) is 1.93. The van der Waals surface area contributed by atoms with Gasteiger partial charge in [0.25, 0.3) is 11.1 Å². The van der Waals surface area contributed by atoms with Crippen molar-refractivity contribution in [2.75, 3.05) is 7.11 Å². The molecule has 1 aromatic carbocycles. The Labute approximate surface area is 140 Å². The maximum absolute atomic E-state index is 12.2. The van der Waals surface area contributed by atoms with E-state index in [1.165, 1.54) is 12.0 Å². The third kappa shape index (κ3) is 3.27. The Morgan fingerprint density at radius 3 is 2.52 bits per heavy atom. The summed E-state index contributed by atoms with van der Waals surface area (Å²) in [5.74, 6) is 0.257. The van der Waals surface area contributed by atoms with Gasteiger partial charge in [-0.25, -0.2) is 0 Å². The number of benzene rings is 1. The summed E-state index contributed by atoms with van der Waals surface area (Å²) in [6.45, 7) is 3.61. The van der Waals surface area contributed by atoms with Crippen molar-refractivity contribution in [3.05, 3.63) is 32.1 Å². The van der Waals surface area contributed by atoms with Crippen LogP contribution in [0.15, 0.2) is 21.5 Å². The number of thioether (sulfide) groups is 1. The molecular weight excluding hydrogens is 378 g/mol. The van der Waals surface area contributed by atoms with Crippen molar-refractivity contribution in [2.24, 2.45) is 0 Å². The van der Waals surface area contributed by atoms with Crippen molar-refractivity contribution in [3.8, 4) is 5.75 Å². The van der Waals surface area contributed by atoms with Crippen LogP contribution in [0.25, 0.3) is 6.08 Å². The number of imide groups is 1. The summed E-state index contributed by atoms with van der Waals surface area (Å²) in [5, 5.41) is 0.182. The van der Waals surface area contributed by atoms with E-state index in [0.29, 0.717) is 20.2 Å². The lowest BCUT2D eigenvalue weighted by Gasteiger charge is -2.16. The highest BCUT2D eigenvalue weighted by molar-refractivity contribution is 9.10. The summed E-state index contributed by atoms with van der Waals surface area (Å²) >= 11 is 10.4. The lowest BCUT2D eigenvalue weighted by molar-refractivity contribution is -0.123. The molecule has 1 aromatic rings. The molecule has 4 nitrogen and oxygen atoms in total. The standard InChI is InChI=1S/C14H13BrClNO3S/c1-7(2)17-13(18)11(21-14(17)19)6-8-4-9(15)12(20-3)10(16)5-8/h4-7H,1-3H3/b11-6+.